The van der Waals surface area contributed by atoms with Crippen LogP contribution >= 0.6 is 0 Å². The van der Waals surface area contributed by atoms with Gasteiger partial charge in [-0.15, -0.1) is 0 Å². The summed E-state index contributed by atoms with van der Waals surface area (Å²) in [5.74, 6) is 0.0953. The number of fused-ring (bicyclic) bond motifs is 1. The third-order valence-electron chi connectivity index (χ3n) is 3.91. The summed E-state index contributed by atoms with van der Waals surface area (Å²) in [6, 6.07) is 13.0. The number of benzene rings is 2. The third-order valence-corrected chi connectivity index (χ3v) is 3.91. The molecule has 3 rings (SSSR count). The predicted octanol–water partition coefficient (Wildman–Crippen LogP) is 3.45. The lowest BCUT2D eigenvalue weighted by atomic mass is 9.90. The Morgan fingerprint density at radius 3 is 2.67 bits per heavy atom. The van der Waals surface area contributed by atoms with Crippen molar-refractivity contribution < 1.29 is 9.90 Å². The molecule has 0 spiro atoms. The Kier molecular flexibility index (Phi) is 3.91. The number of nitrogens with one attached hydrogen (secondary N) is 1. The molecule has 0 unspecified atom stereocenters. The molecule has 108 valence electrons. The number of hydrogen-bond acceptors (Lipinski definition) is 2. The lowest BCUT2D eigenvalue weighted by Gasteiger charge is -2.16. The van der Waals surface area contributed by atoms with Gasteiger partial charge in [0, 0.05) is 11.8 Å². The van der Waals surface area contributed by atoms with Gasteiger partial charge < -0.3 is 10.4 Å². The largest absolute Gasteiger partial charge is 0.508 e. The van der Waals surface area contributed by atoms with E-state index in [9.17, 15) is 9.90 Å². The van der Waals surface area contributed by atoms with Gasteiger partial charge in [-0.05, 0) is 54.5 Å². The van der Waals surface area contributed by atoms with Gasteiger partial charge in [-0.2, -0.15) is 0 Å². The first-order valence-corrected chi connectivity index (χ1v) is 7.40. The molecule has 2 aromatic carbocycles. The zero-order valence-corrected chi connectivity index (χ0v) is 11.9. The lowest BCUT2D eigenvalue weighted by molar-refractivity contribution is -0.115. The van der Waals surface area contributed by atoms with Crippen LogP contribution in [0.15, 0.2) is 42.5 Å². The molecule has 1 amide bonds. The van der Waals surface area contributed by atoms with E-state index in [0.717, 1.165) is 18.4 Å². The van der Waals surface area contributed by atoms with Gasteiger partial charge in [-0.1, -0.05) is 24.3 Å². The van der Waals surface area contributed by atoms with E-state index in [4.69, 9.17) is 0 Å². The van der Waals surface area contributed by atoms with Crippen molar-refractivity contribution >= 4 is 11.6 Å². The Morgan fingerprint density at radius 2 is 1.86 bits per heavy atom. The van der Waals surface area contributed by atoms with Crippen molar-refractivity contribution in [1.29, 1.82) is 0 Å². The number of aryl methyl sites for hydroxylation is 2. The highest BCUT2D eigenvalue weighted by Gasteiger charge is 2.11. The number of rotatable bonds is 3. The molecule has 0 saturated carbocycles. The fourth-order valence-corrected chi connectivity index (χ4v) is 2.87. The summed E-state index contributed by atoms with van der Waals surface area (Å²) < 4.78 is 0. The van der Waals surface area contributed by atoms with Crippen LogP contribution in [-0.2, 0) is 24.1 Å². The van der Waals surface area contributed by atoms with Crippen LogP contribution in [0.1, 0.15) is 29.5 Å². The van der Waals surface area contributed by atoms with Crippen LogP contribution in [0, 0.1) is 0 Å². The van der Waals surface area contributed by atoms with Crippen LogP contribution in [0.25, 0.3) is 0 Å². The molecule has 0 aromatic heterocycles. The van der Waals surface area contributed by atoms with E-state index < -0.39 is 0 Å². The Balaban J connectivity index is 1.67. The quantitative estimate of drug-likeness (QED) is 0.905. The fraction of sp³-hybridized carbons (Fsp3) is 0.278. The van der Waals surface area contributed by atoms with Crippen molar-refractivity contribution in [2.24, 2.45) is 0 Å². The fourth-order valence-electron chi connectivity index (χ4n) is 2.87. The number of anilines is 1. The molecule has 1 aliphatic carbocycles. The topological polar surface area (TPSA) is 49.3 Å². The van der Waals surface area contributed by atoms with Gasteiger partial charge in [0.25, 0.3) is 0 Å². The Bertz CT molecular complexity index is 664. The second-order valence-corrected chi connectivity index (χ2v) is 5.59. The monoisotopic (exact) mass is 281 g/mol. The van der Waals surface area contributed by atoms with E-state index in [1.165, 1.54) is 24.0 Å². The van der Waals surface area contributed by atoms with Crippen molar-refractivity contribution in [2.45, 2.75) is 32.1 Å². The number of carbonyl (C=O) groups is 1. The van der Waals surface area contributed by atoms with Crippen molar-refractivity contribution in [1.82, 2.24) is 0 Å². The molecular formula is C18H19NO2. The molecule has 2 aromatic rings. The smallest absolute Gasteiger partial charge is 0.228 e. The standard InChI is InChI=1S/C18H19NO2/c20-17-7-3-6-16(12-17)19-18(21)11-13-8-9-14-4-1-2-5-15(14)10-13/h3,6-10,12,20H,1-2,4-5,11H2,(H,19,21). The van der Waals surface area contributed by atoms with E-state index in [1.54, 1.807) is 24.3 Å². The van der Waals surface area contributed by atoms with Crippen LogP contribution in [0.5, 0.6) is 5.75 Å². The van der Waals surface area contributed by atoms with E-state index in [0.29, 0.717) is 12.1 Å². The van der Waals surface area contributed by atoms with E-state index >= 15 is 0 Å². The summed E-state index contributed by atoms with van der Waals surface area (Å²) >= 11 is 0. The Morgan fingerprint density at radius 1 is 1.05 bits per heavy atom. The highest BCUT2D eigenvalue weighted by Crippen LogP contribution is 2.22. The first-order chi connectivity index (χ1) is 10.2. The zero-order chi connectivity index (χ0) is 14.7. The molecule has 1 aliphatic rings. The van der Waals surface area contributed by atoms with Crippen LogP contribution in [0.4, 0.5) is 5.69 Å². The van der Waals surface area contributed by atoms with Crippen molar-refractivity contribution in [2.75, 3.05) is 5.32 Å². The van der Waals surface area contributed by atoms with E-state index in [2.05, 4.69) is 17.4 Å². The van der Waals surface area contributed by atoms with E-state index in [-0.39, 0.29) is 11.7 Å². The number of phenolic OH excluding ortho intramolecular Hbond substituents is 1. The van der Waals surface area contributed by atoms with Gasteiger partial charge in [-0.25, -0.2) is 0 Å². The first-order valence-electron chi connectivity index (χ1n) is 7.40. The molecule has 3 heteroatoms. The molecular weight excluding hydrogens is 262 g/mol. The number of phenols is 1. The second kappa shape index (κ2) is 6.00. The number of hydrogen-bond donors (Lipinski definition) is 2. The molecule has 0 atom stereocenters. The summed E-state index contributed by atoms with van der Waals surface area (Å²) in [4.78, 5) is 12.1. The van der Waals surface area contributed by atoms with E-state index in [1.807, 2.05) is 6.07 Å². The number of aromatic hydroxyl groups is 1. The van der Waals surface area contributed by atoms with Crippen LogP contribution in [0.3, 0.4) is 0 Å². The highest BCUT2D eigenvalue weighted by atomic mass is 16.3. The molecule has 21 heavy (non-hydrogen) atoms. The van der Waals surface area contributed by atoms with Crippen molar-refractivity contribution in [3.05, 3.63) is 59.2 Å². The maximum atomic E-state index is 12.1. The van der Waals surface area contributed by atoms with Crippen LogP contribution in [-0.4, -0.2) is 11.0 Å². The minimum Gasteiger partial charge on any atom is -0.508 e. The molecule has 0 fully saturated rings. The number of carbonyl (C=O) groups excluding carboxylic acids is 1. The summed E-state index contributed by atoms with van der Waals surface area (Å²) in [5.41, 5.74) is 4.49. The molecule has 0 aliphatic heterocycles. The lowest BCUT2D eigenvalue weighted by Crippen LogP contribution is -2.15. The molecule has 0 heterocycles. The minimum atomic E-state index is -0.0589. The van der Waals surface area contributed by atoms with Gasteiger partial charge in [0.1, 0.15) is 5.75 Å². The van der Waals surface area contributed by atoms with Gasteiger partial charge in [0.05, 0.1) is 6.42 Å². The normalized spacial score (nSPS) is 13.5. The SMILES string of the molecule is O=C(Cc1ccc2c(c1)CCCC2)Nc1cccc(O)c1. The van der Waals surface area contributed by atoms with Crippen molar-refractivity contribution in [3.63, 3.8) is 0 Å². The zero-order valence-electron chi connectivity index (χ0n) is 11.9. The van der Waals surface area contributed by atoms with Gasteiger partial charge in [0.15, 0.2) is 0 Å². The van der Waals surface area contributed by atoms with Gasteiger partial charge in [0.2, 0.25) is 5.91 Å². The summed E-state index contributed by atoms with van der Waals surface area (Å²) in [6.45, 7) is 0. The third kappa shape index (κ3) is 3.43. The second-order valence-electron chi connectivity index (χ2n) is 5.59. The molecule has 2 N–H and O–H groups in total. The molecule has 0 saturated heterocycles. The Hall–Kier alpha value is -2.29. The summed E-state index contributed by atoms with van der Waals surface area (Å²) in [7, 11) is 0. The van der Waals surface area contributed by atoms with Gasteiger partial charge in [-0.3, -0.25) is 4.79 Å². The maximum absolute atomic E-state index is 12.1. The molecule has 0 radical (unpaired) electrons. The average molecular weight is 281 g/mol. The predicted molar refractivity (Wildman–Crippen MR) is 83.5 cm³/mol. The maximum Gasteiger partial charge on any atom is 0.228 e. The van der Waals surface area contributed by atoms with Crippen LogP contribution < -0.4 is 5.32 Å². The van der Waals surface area contributed by atoms with Crippen LogP contribution in [0.2, 0.25) is 0 Å². The van der Waals surface area contributed by atoms with Crippen molar-refractivity contribution in [3.8, 4) is 5.75 Å². The number of amides is 1. The van der Waals surface area contributed by atoms with Gasteiger partial charge >= 0.3 is 0 Å². The molecule has 3 nitrogen and oxygen atoms in total. The highest BCUT2D eigenvalue weighted by molar-refractivity contribution is 5.92. The summed E-state index contributed by atoms with van der Waals surface area (Å²) in [5, 5.41) is 12.2. The molecule has 0 bridgehead atoms. The average Bonchev–Trinajstić information content (AvgIpc) is 2.47. The Labute approximate surface area is 124 Å². The minimum absolute atomic E-state index is 0.0589. The summed E-state index contributed by atoms with van der Waals surface area (Å²) in [6.07, 6.45) is 5.15. The first kappa shape index (κ1) is 13.7.